The van der Waals surface area contributed by atoms with Crippen LogP contribution in [0.1, 0.15) is 58.3 Å². The van der Waals surface area contributed by atoms with Crippen molar-refractivity contribution in [3.05, 3.63) is 0 Å². The van der Waals surface area contributed by atoms with Gasteiger partial charge in [-0.25, -0.2) is 9.59 Å². The van der Waals surface area contributed by atoms with E-state index in [-0.39, 0.29) is 12.1 Å². The zero-order valence-corrected chi connectivity index (χ0v) is 12.8. The summed E-state index contributed by atoms with van der Waals surface area (Å²) in [5.74, 6) is -0.434. The van der Waals surface area contributed by atoms with Gasteiger partial charge in [-0.15, -0.1) is 0 Å². The SMILES string of the molecule is CCC1CCCN1C(=O)N1C(C(=O)O)CC2CCCCC21. The van der Waals surface area contributed by atoms with Crippen LogP contribution in [0.5, 0.6) is 0 Å². The molecule has 0 aromatic rings. The van der Waals surface area contributed by atoms with Crippen LogP contribution in [-0.4, -0.2) is 51.6 Å². The van der Waals surface area contributed by atoms with Gasteiger partial charge in [-0.05, 0) is 44.4 Å². The number of amides is 2. The molecular formula is C16H26N2O3. The number of urea groups is 1. The van der Waals surface area contributed by atoms with Crippen LogP contribution in [0.15, 0.2) is 0 Å². The third-order valence-electron chi connectivity index (χ3n) is 5.69. The lowest BCUT2D eigenvalue weighted by Crippen LogP contribution is -2.53. The number of rotatable bonds is 2. The zero-order valence-electron chi connectivity index (χ0n) is 12.8. The molecule has 4 unspecified atom stereocenters. The van der Waals surface area contributed by atoms with Gasteiger partial charge in [-0.3, -0.25) is 0 Å². The standard InChI is InChI=1S/C16H26N2O3/c1-2-12-7-5-9-17(12)16(21)18-13-8-4-3-6-11(13)10-14(18)15(19)20/h11-14H,2-10H2,1H3,(H,19,20). The Morgan fingerprint density at radius 1 is 1.14 bits per heavy atom. The van der Waals surface area contributed by atoms with Gasteiger partial charge in [-0.2, -0.15) is 0 Å². The van der Waals surface area contributed by atoms with Crippen LogP contribution in [-0.2, 0) is 4.79 Å². The van der Waals surface area contributed by atoms with Crippen LogP contribution >= 0.6 is 0 Å². The molecular weight excluding hydrogens is 268 g/mol. The molecule has 3 fully saturated rings. The van der Waals surface area contributed by atoms with Crippen molar-refractivity contribution < 1.29 is 14.7 Å². The molecule has 2 heterocycles. The van der Waals surface area contributed by atoms with Gasteiger partial charge >= 0.3 is 12.0 Å². The Kier molecular flexibility index (Phi) is 4.09. The molecule has 2 aliphatic heterocycles. The van der Waals surface area contributed by atoms with Gasteiger partial charge in [0.2, 0.25) is 0 Å². The first-order valence-corrected chi connectivity index (χ1v) is 8.45. The Labute approximate surface area is 126 Å². The predicted octanol–water partition coefficient (Wildman–Crippen LogP) is 2.70. The van der Waals surface area contributed by atoms with Gasteiger partial charge in [0.05, 0.1) is 0 Å². The molecule has 3 aliphatic rings. The highest BCUT2D eigenvalue weighted by atomic mass is 16.4. The first-order chi connectivity index (χ1) is 10.1. The molecule has 3 rings (SSSR count). The maximum Gasteiger partial charge on any atom is 0.326 e. The lowest BCUT2D eigenvalue weighted by Gasteiger charge is -2.37. The monoisotopic (exact) mass is 294 g/mol. The second-order valence-electron chi connectivity index (χ2n) is 6.79. The molecule has 2 saturated heterocycles. The summed E-state index contributed by atoms with van der Waals surface area (Å²) in [6.45, 7) is 2.90. The third-order valence-corrected chi connectivity index (χ3v) is 5.69. The Hall–Kier alpha value is -1.26. The number of carbonyl (C=O) groups is 2. The van der Waals surface area contributed by atoms with Crippen LogP contribution in [0.3, 0.4) is 0 Å². The van der Waals surface area contributed by atoms with Crippen molar-refractivity contribution in [1.29, 1.82) is 0 Å². The summed E-state index contributed by atoms with van der Waals surface area (Å²) >= 11 is 0. The quantitative estimate of drug-likeness (QED) is 0.851. The Morgan fingerprint density at radius 2 is 1.90 bits per heavy atom. The second-order valence-corrected chi connectivity index (χ2v) is 6.79. The zero-order chi connectivity index (χ0) is 15.0. The normalized spacial score (nSPS) is 35.9. The van der Waals surface area contributed by atoms with Crippen LogP contribution in [0.2, 0.25) is 0 Å². The van der Waals surface area contributed by atoms with E-state index in [1.807, 2.05) is 4.90 Å². The number of aliphatic carboxylic acids is 1. The topological polar surface area (TPSA) is 60.9 Å². The molecule has 0 aromatic heterocycles. The lowest BCUT2D eigenvalue weighted by atomic mass is 9.85. The molecule has 0 spiro atoms. The molecule has 21 heavy (non-hydrogen) atoms. The molecule has 2 amide bonds. The number of carboxylic acids is 1. The fourth-order valence-corrected chi connectivity index (χ4v) is 4.62. The molecule has 0 bridgehead atoms. The van der Waals surface area contributed by atoms with Crippen molar-refractivity contribution in [2.45, 2.75) is 76.4 Å². The van der Waals surface area contributed by atoms with Crippen LogP contribution in [0.4, 0.5) is 4.79 Å². The van der Waals surface area contributed by atoms with Crippen LogP contribution in [0.25, 0.3) is 0 Å². The molecule has 4 atom stereocenters. The van der Waals surface area contributed by atoms with E-state index in [0.29, 0.717) is 18.4 Å². The smallest absolute Gasteiger partial charge is 0.326 e. The van der Waals surface area contributed by atoms with Crippen molar-refractivity contribution in [1.82, 2.24) is 9.80 Å². The Balaban J connectivity index is 1.82. The molecule has 1 N–H and O–H groups in total. The highest BCUT2D eigenvalue weighted by Crippen LogP contribution is 2.41. The molecule has 0 aromatic carbocycles. The molecule has 1 aliphatic carbocycles. The molecule has 1 saturated carbocycles. The number of likely N-dealkylation sites (tertiary alicyclic amines) is 2. The number of carbonyl (C=O) groups excluding carboxylic acids is 1. The van der Waals surface area contributed by atoms with Gasteiger partial charge in [0.15, 0.2) is 0 Å². The number of carboxylic acid groups (broad SMARTS) is 1. The van der Waals surface area contributed by atoms with Gasteiger partial charge in [0, 0.05) is 18.6 Å². The van der Waals surface area contributed by atoms with Gasteiger partial charge in [-0.1, -0.05) is 19.8 Å². The van der Waals surface area contributed by atoms with E-state index in [2.05, 4.69) is 6.92 Å². The maximum absolute atomic E-state index is 13.0. The summed E-state index contributed by atoms with van der Waals surface area (Å²) in [7, 11) is 0. The fraction of sp³-hybridized carbons (Fsp3) is 0.875. The maximum atomic E-state index is 13.0. The van der Waals surface area contributed by atoms with E-state index in [9.17, 15) is 14.7 Å². The summed E-state index contributed by atoms with van der Waals surface area (Å²) in [5.41, 5.74) is 0. The minimum atomic E-state index is -0.829. The predicted molar refractivity (Wildman–Crippen MR) is 79.0 cm³/mol. The summed E-state index contributed by atoms with van der Waals surface area (Å²) in [4.78, 5) is 28.3. The third kappa shape index (κ3) is 2.51. The Morgan fingerprint density at radius 3 is 2.62 bits per heavy atom. The number of hydrogen-bond acceptors (Lipinski definition) is 2. The van der Waals surface area contributed by atoms with Gasteiger partial charge in [0.1, 0.15) is 6.04 Å². The molecule has 0 radical (unpaired) electrons. The van der Waals surface area contributed by atoms with Crippen molar-refractivity contribution in [3.63, 3.8) is 0 Å². The molecule has 5 nitrogen and oxygen atoms in total. The minimum absolute atomic E-state index is 0.0128. The summed E-state index contributed by atoms with van der Waals surface area (Å²) < 4.78 is 0. The average molecular weight is 294 g/mol. The highest BCUT2D eigenvalue weighted by Gasteiger charge is 2.49. The number of nitrogens with zero attached hydrogens (tertiary/aromatic N) is 2. The van der Waals surface area contributed by atoms with Crippen molar-refractivity contribution in [2.75, 3.05) is 6.54 Å². The number of hydrogen-bond donors (Lipinski definition) is 1. The van der Waals surface area contributed by atoms with E-state index >= 15 is 0 Å². The second kappa shape index (κ2) is 5.85. The minimum Gasteiger partial charge on any atom is -0.480 e. The summed E-state index contributed by atoms with van der Waals surface area (Å²) in [6, 6.07) is -0.162. The van der Waals surface area contributed by atoms with E-state index in [1.54, 1.807) is 4.90 Å². The van der Waals surface area contributed by atoms with E-state index in [4.69, 9.17) is 0 Å². The highest BCUT2D eigenvalue weighted by molar-refractivity contribution is 5.84. The van der Waals surface area contributed by atoms with Crippen molar-refractivity contribution in [2.24, 2.45) is 5.92 Å². The van der Waals surface area contributed by atoms with E-state index in [1.165, 1.54) is 6.42 Å². The molecule has 5 heteroatoms. The fourth-order valence-electron chi connectivity index (χ4n) is 4.62. The largest absolute Gasteiger partial charge is 0.480 e. The number of fused-ring (bicyclic) bond motifs is 1. The summed E-state index contributed by atoms with van der Waals surface area (Å²) in [6.07, 6.45) is 8.07. The Bertz CT molecular complexity index is 426. The summed E-state index contributed by atoms with van der Waals surface area (Å²) in [5, 5.41) is 9.53. The van der Waals surface area contributed by atoms with E-state index < -0.39 is 12.0 Å². The van der Waals surface area contributed by atoms with Gasteiger partial charge in [0.25, 0.3) is 0 Å². The lowest BCUT2D eigenvalue weighted by molar-refractivity contribution is -0.141. The first kappa shape index (κ1) is 14.7. The van der Waals surface area contributed by atoms with Crippen LogP contribution < -0.4 is 0 Å². The molecule has 118 valence electrons. The van der Waals surface area contributed by atoms with Crippen LogP contribution in [0, 0.1) is 5.92 Å². The van der Waals surface area contributed by atoms with Crippen molar-refractivity contribution in [3.8, 4) is 0 Å². The average Bonchev–Trinajstić information content (AvgIpc) is 3.10. The first-order valence-electron chi connectivity index (χ1n) is 8.45. The van der Waals surface area contributed by atoms with Crippen molar-refractivity contribution >= 4 is 12.0 Å². The van der Waals surface area contributed by atoms with Gasteiger partial charge < -0.3 is 14.9 Å². The van der Waals surface area contributed by atoms with E-state index in [0.717, 1.165) is 45.1 Å².